The molecule has 1 amide bonds. The van der Waals surface area contributed by atoms with Gasteiger partial charge in [0.05, 0.1) is 11.3 Å². The van der Waals surface area contributed by atoms with Crippen molar-refractivity contribution in [2.75, 3.05) is 11.9 Å². The van der Waals surface area contributed by atoms with Crippen LogP contribution in [0, 0.1) is 0 Å². The SMILES string of the molecule is NS(=O)(=O)Cc1cccc(NC(=O)c2cnc(OCC(F)(F)F)c(Cl)c2)c1. The van der Waals surface area contributed by atoms with Gasteiger partial charge >= 0.3 is 6.18 Å². The van der Waals surface area contributed by atoms with Crippen LogP contribution in [0.4, 0.5) is 18.9 Å². The Morgan fingerprint density at radius 2 is 2.00 bits per heavy atom. The average Bonchev–Trinajstić information content (AvgIpc) is 2.51. The van der Waals surface area contributed by atoms with E-state index >= 15 is 0 Å². The zero-order chi connectivity index (χ0) is 20.2. The third-order valence-corrected chi connectivity index (χ3v) is 4.00. The van der Waals surface area contributed by atoms with Crippen molar-refractivity contribution >= 4 is 33.2 Å². The lowest BCUT2D eigenvalue weighted by Gasteiger charge is -2.11. The summed E-state index contributed by atoms with van der Waals surface area (Å²) < 4.78 is 63.2. The summed E-state index contributed by atoms with van der Waals surface area (Å²) in [6, 6.07) is 7.07. The number of ether oxygens (including phenoxy) is 1. The molecule has 0 bridgehead atoms. The molecule has 0 saturated carbocycles. The standard InChI is InChI=1S/C15H13ClF3N3O4S/c16-12-5-10(6-21-14(12)26-8-15(17,18)19)13(23)22-11-3-1-2-9(4-11)7-27(20,24)25/h1-6H,7-8H2,(H,22,23)(H2,20,24,25). The van der Waals surface area contributed by atoms with Gasteiger partial charge in [0.15, 0.2) is 6.61 Å². The van der Waals surface area contributed by atoms with E-state index < -0.39 is 40.3 Å². The number of nitrogens with two attached hydrogens (primary N) is 1. The summed E-state index contributed by atoms with van der Waals surface area (Å²) in [5.74, 6) is -1.52. The molecule has 3 N–H and O–H groups in total. The Morgan fingerprint density at radius 1 is 1.30 bits per heavy atom. The zero-order valence-electron chi connectivity index (χ0n) is 13.5. The van der Waals surface area contributed by atoms with Crippen molar-refractivity contribution in [1.82, 2.24) is 4.98 Å². The van der Waals surface area contributed by atoms with E-state index in [-0.39, 0.29) is 16.3 Å². The van der Waals surface area contributed by atoms with Crippen molar-refractivity contribution in [2.24, 2.45) is 5.14 Å². The van der Waals surface area contributed by atoms with Gasteiger partial charge < -0.3 is 10.1 Å². The molecule has 1 aromatic heterocycles. The molecule has 0 aliphatic rings. The van der Waals surface area contributed by atoms with Gasteiger partial charge in [0.2, 0.25) is 15.9 Å². The number of nitrogens with one attached hydrogen (secondary N) is 1. The van der Waals surface area contributed by atoms with Crippen molar-refractivity contribution in [3.05, 3.63) is 52.7 Å². The number of rotatable bonds is 6. The molecule has 1 aromatic carbocycles. The Balaban J connectivity index is 2.10. The quantitative estimate of drug-likeness (QED) is 0.742. The van der Waals surface area contributed by atoms with Gasteiger partial charge in [0, 0.05) is 11.9 Å². The molecule has 1 heterocycles. The van der Waals surface area contributed by atoms with Crippen LogP contribution in [0.25, 0.3) is 0 Å². The van der Waals surface area contributed by atoms with Crippen LogP contribution >= 0.6 is 11.6 Å². The summed E-state index contributed by atoms with van der Waals surface area (Å²) in [6.45, 7) is -1.57. The van der Waals surface area contributed by atoms with Crippen LogP contribution < -0.4 is 15.2 Å². The molecule has 0 saturated heterocycles. The van der Waals surface area contributed by atoms with Crippen molar-refractivity contribution < 1.29 is 31.1 Å². The summed E-state index contributed by atoms with van der Waals surface area (Å²) in [5.41, 5.74) is 0.619. The molecule has 0 aliphatic carbocycles. The molecule has 0 aliphatic heterocycles. The molecule has 2 rings (SSSR count). The molecular formula is C15H13ClF3N3O4S. The van der Waals surface area contributed by atoms with Gasteiger partial charge in [-0.2, -0.15) is 13.2 Å². The smallest absolute Gasteiger partial charge is 0.422 e. The molecule has 0 atom stereocenters. The number of halogens is 4. The summed E-state index contributed by atoms with van der Waals surface area (Å²) in [7, 11) is -3.74. The van der Waals surface area contributed by atoms with Crippen LogP contribution in [-0.2, 0) is 15.8 Å². The monoisotopic (exact) mass is 423 g/mol. The maximum Gasteiger partial charge on any atom is 0.422 e. The van der Waals surface area contributed by atoms with Gasteiger partial charge in [-0.15, -0.1) is 0 Å². The minimum atomic E-state index is -4.55. The fourth-order valence-corrected chi connectivity index (χ4v) is 2.85. The van der Waals surface area contributed by atoms with E-state index in [4.69, 9.17) is 16.7 Å². The number of hydrogen-bond acceptors (Lipinski definition) is 5. The Labute approximate surface area is 157 Å². The highest BCUT2D eigenvalue weighted by Gasteiger charge is 2.29. The number of carbonyl (C=O) groups is 1. The van der Waals surface area contributed by atoms with Crippen LogP contribution in [0.15, 0.2) is 36.5 Å². The van der Waals surface area contributed by atoms with Gasteiger partial charge in [-0.25, -0.2) is 18.5 Å². The Morgan fingerprint density at radius 3 is 2.59 bits per heavy atom. The molecule has 0 spiro atoms. The first-order chi connectivity index (χ1) is 12.4. The number of primary sulfonamides is 1. The first kappa shape index (κ1) is 20.9. The third-order valence-electron chi connectivity index (χ3n) is 2.99. The molecule has 146 valence electrons. The van der Waals surface area contributed by atoms with Crippen molar-refractivity contribution in [3.63, 3.8) is 0 Å². The number of benzene rings is 1. The molecule has 0 unspecified atom stereocenters. The fraction of sp³-hybridized carbons (Fsp3) is 0.200. The van der Waals surface area contributed by atoms with Crippen molar-refractivity contribution in [2.45, 2.75) is 11.9 Å². The number of sulfonamides is 1. The minimum Gasteiger partial charge on any atom is -0.467 e. The van der Waals surface area contributed by atoms with Crippen molar-refractivity contribution in [3.8, 4) is 5.88 Å². The number of anilines is 1. The minimum absolute atomic E-state index is 0.0313. The molecule has 7 nitrogen and oxygen atoms in total. The summed E-state index contributed by atoms with van der Waals surface area (Å²) >= 11 is 5.79. The number of hydrogen-bond donors (Lipinski definition) is 2. The fourth-order valence-electron chi connectivity index (χ4n) is 1.98. The first-order valence-corrected chi connectivity index (χ1v) is 9.28. The number of amides is 1. The van der Waals surface area contributed by atoms with E-state index in [0.29, 0.717) is 5.56 Å². The second-order valence-electron chi connectivity index (χ2n) is 5.38. The van der Waals surface area contributed by atoms with E-state index in [9.17, 15) is 26.4 Å². The van der Waals surface area contributed by atoms with Gasteiger partial charge in [-0.1, -0.05) is 23.7 Å². The lowest BCUT2D eigenvalue weighted by molar-refractivity contribution is -0.154. The Bertz CT molecular complexity index is 952. The normalized spacial score (nSPS) is 11.9. The Kier molecular flexibility index (Phi) is 6.29. The second kappa shape index (κ2) is 8.11. The molecule has 2 aromatic rings. The van der Waals surface area contributed by atoms with Crippen LogP contribution in [0.3, 0.4) is 0 Å². The summed E-state index contributed by atoms with van der Waals surface area (Å²) in [5, 5.41) is 7.20. The van der Waals surface area contributed by atoms with E-state index in [2.05, 4.69) is 15.0 Å². The van der Waals surface area contributed by atoms with Gasteiger partial charge in [0.1, 0.15) is 5.02 Å². The van der Waals surface area contributed by atoms with E-state index in [0.717, 1.165) is 12.3 Å². The number of carbonyl (C=O) groups excluding carboxylic acids is 1. The molecular weight excluding hydrogens is 411 g/mol. The molecule has 27 heavy (non-hydrogen) atoms. The Hall–Kier alpha value is -2.37. The second-order valence-corrected chi connectivity index (χ2v) is 7.40. The van der Waals surface area contributed by atoms with E-state index in [1.165, 1.54) is 24.3 Å². The highest BCUT2D eigenvalue weighted by molar-refractivity contribution is 7.88. The molecule has 12 heteroatoms. The zero-order valence-corrected chi connectivity index (χ0v) is 15.0. The predicted molar refractivity (Wildman–Crippen MR) is 92.0 cm³/mol. The lowest BCUT2D eigenvalue weighted by Crippen LogP contribution is -2.20. The summed E-state index contributed by atoms with van der Waals surface area (Å²) in [6.07, 6.45) is -3.55. The van der Waals surface area contributed by atoms with Gasteiger partial charge in [0.25, 0.3) is 5.91 Å². The number of pyridine rings is 1. The highest BCUT2D eigenvalue weighted by atomic mass is 35.5. The largest absolute Gasteiger partial charge is 0.467 e. The van der Waals surface area contributed by atoms with Gasteiger partial charge in [-0.3, -0.25) is 4.79 Å². The van der Waals surface area contributed by atoms with Gasteiger partial charge in [-0.05, 0) is 23.8 Å². The maximum absolute atomic E-state index is 12.2. The summed E-state index contributed by atoms with van der Waals surface area (Å²) in [4.78, 5) is 15.8. The predicted octanol–water partition coefficient (Wildman–Crippen LogP) is 2.72. The average molecular weight is 424 g/mol. The van der Waals surface area contributed by atoms with E-state index in [1.54, 1.807) is 0 Å². The van der Waals surface area contributed by atoms with E-state index in [1.807, 2.05) is 0 Å². The number of aromatic nitrogens is 1. The topological polar surface area (TPSA) is 111 Å². The lowest BCUT2D eigenvalue weighted by atomic mass is 10.2. The highest BCUT2D eigenvalue weighted by Crippen LogP contribution is 2.25. The van der Waals surface area contributed by atoms with Crippen LogP contribution in [-0.4, -0.2) is 32.1 Å². The number of nitrogens with zero attached hydrogens (tertiary/aromatic N) is 1. The molecule has 0 radical (unpaired) electrons. The maximum atomic E-state index is 12.2. The van der Waals surface area contributed by atoms with Crippen LogP contribution in [0.2, 0.25) is 5.02 Å². The first-order valence-electron chi connectivity index (χ1n) is 7.19. The van der Waals surface area contributed by atoms with Crippen LogP contribution in [0.1, 0.15) is 15.9 Å². The third kappa shape index (κ3) is 7.04. The number of alkyl halides is 3. The van der Waals surface area contributed by atoms with Crippen molar-refractivity contribution in [1.29, 1.82) is 0 Å². The molecule has 0 fully saturated rings. The van der Waals surface area contributed by atoms with Crippen LogP contribution in [0.5, 0.6) is 5.88 Å².